The van der Waals surface area contributed by atoms with Gasteiger partial charge in [-0.15, -0.1) is 0 Å². The maximum Gasteiger partial charge on any atom is 0.416 e. The summed E-state index contributed by atoms with van der Waals surface area (Å²) in [5, 5.41) is 11.1. The van der Waals surface area contributed by atoms with Crippen molar-refractivity contribution >= 4 is 11.7 Å². The summed E-state index contributed by atoms with van der Waals surface area (Å²) in [6, 6.07) is 6.21. The van der Waals surface area contributed by atoms with Crippen LogP contribution in [0.5, 0.6) is 0 Å². The number of aromatic nitrogens is 5. The summed E-state index contributed by atoms with van der Waals surface area (Å²) in [7, 11) is 0. The number of hydrogen-bond acceptors (Lipinski definition) is 4. The molecule has 0 aliphatic carbocycles. The van der Waals surface area contributed by atoms with Crippen molar-refractivity contribution in [1.82, 2.24) is 24.1 Å². The number of alkyl halides is 3. The third-order valence-electron chi connectivity index (χ3n) is 5.09. The number of rotatable bonds is 4. The zero-order valence-electron chi connectivity index (χ0n) is 16.8. The Hall–Kier alpha value is -3.37. The molecule has 1 aliphatic heterocycles. The van der Waals surface area contributed by atoms with Crippen molar-refractivity contribution in [1.29, 1.82) is 0 Å². The van der Waals surface area contributed by atoms with Gasteiger partial charge in [-0.05, 0) is 38.0 Å². The summed E-state index contributed by atoms with van der Waals surface area (Å²) in [5.41, 5.74) is -0.487. The van der Waals surface area contributed by atoms with Crippen LogP contribution in [0.25, 0.3) is 5.69 Å². The number of amides is 1. The van der Waals surface area contributed by atoms with Crippen LogP contribution in [0.4, 0.5) is 19.0 Å². The summed E-state index contributed by atoms with van der Waals surface area (Å²) in [6.45, 7) is 1.94. The lowest BCUT2D eigenvalue weighted by molar-refractivity contribution is -0.137. The maximum atomic E-state index is 13.1. The number of nitrogens with zero attached hydrogens (tertiary/aromatic N) is 5. The molecule has 2 aromatic heterocycles. The molecule has 1 aromatic carbocycles. The fraction of sp³-hybridized carbons (Fsp3) is 0.400. The van der Waals surface area contributed by atoms with Crippen LogP contribution in [-0.4, -0.2) is 30.0 Å². The van der Waals surface area contributed by atoms with Crippen LogP contribution in [0.3, 0.4) is 0 Å². The van der Waals surface area contributed by atoms with Gasteiger partial charge in [0.15, 0.2) is 0 Å². The largest absolute Gasteiger partial charge is 0.416 e. The second kappa shape index (κ2) is 8.05. The molecule has 0 saturated heterocycles. The van der Waals surface area contributed by atoms with E-state index in [1.54, 1.807) is 17.6 Å². The van der Waals surface area contributed by atoms with E-state index in [1.807, 2.05) is 0 Å². The Morgan fingerprint density at radius 2 is 1.97 bits per heavy atom. The van der Waals surface area contributed by atoms with Gasteiger partial charge in [-0.3, -0.25) is 9.36 Å². The second-order valence-electron chi connectivity index (χ2n) is 7.50. The lowest BCUT2D eigenvalue weighted by Crippen LogP contribution is -2.30. The summed E-state index contributed by atoms with van der Waals surface area (Å²) >= 11 is 0. The third-order valence-corrected chi connectivity index (χ3v) is 5.09. The molecule has 4 rings (SSSR count). The van der Waals surface area contributed by atoms with Crippen molar-refractivity contribution in [3.8, 4) is 5.69 Å². The Kier molecular flexibility index (Phi) is 5.42. The van der Waals surface area contributed by atoms with E-state index in [4.69, 9.17) is 0 Å². The number of fused-ring (bicyclic) bond motifs is 1. The lowest BCUT2D eigenvalue weighted by Gasteiger charge is -2.11. The minimum absolute atomic E-state index is 0.157. The fourth-order valence-corrected chi connectivity index (χ4v) is 3.65. The SMILES string of the molecule is Cc1cc(NC(=O)Cn2nc3n(c2=O)CCCCC3)n(-c2cccc(C(F)(F)F)c2)n1. The third kappa shape index (κ3) is 4.39. The van der Waals surface area contributed by atoms with Gasteiger partial charge >= 0.3 is 11.9 Å². The lowest BCUT2D eigenvalue weighted by atomic mass is 10.2. The molecular formula is C20H21F3N6O2. The Morgan fingerprint density at radius 1 is 1.16 bits per heavy atom. The Balaban J connectivity index is 1.56. The van der Waals surface area contributed by atoms with E-state index >= 15 is 0 Å². The molecule has 31 heavy (non-hydrogen) atoms. The molecule has 0 unspecified atom stereocenters. The second-order valence-corrected chi connectivity index (χ2v) is 7.50. The topological polar surface area (TPSA) is 86.7 Å². The van der Waals surface area contributed by atoms with Crippen molar-refractivity contribution in [2.24, 2.45) is 0 Å². The average molecular weight is 434 g/mol. The standard InChI is InChI=1S/C20H21F3N6O2/c1-13-10-17(29(25-13)15-7-5-6-14(11-15)20(21,22)23)24-18(30)12-28-19(31)27-9-4-2-3-8-16(27)26-28/h5-7,10-11H,2-4,8-9,12H2,1H3,(H,24,30). The van der Waals surface area contributed by atoms with Gasteiger partial charge in [0, 0.05) is 19.0 Å². The molecule has 0 spiro atoms. The minimum Gasteiger partial charge on any atom is -0.309 e. The first-order chi connectivity index (χ1) is 14.7. The molecule has 1 amide bonds. The molecule has 0 atom stereocenters. The highest BCUT2D eigenvalue weighted by molar-refractivity contribution is 5.90. The monoisotopic (exact) mass is 434 g/mol. The van der Waals surface area contributed by atoms with Crippen LogP contribution in [0.15, 0.2) is 35.1 Å². The smallest absolute Gasteiger partial charge is 0.309 e. The molecular weight excluding hydrogens is 413 g/mol. The predicted octanol–water partition coefficient (Wildman–Crippen LogP) is 2.92. The molecule has 8 nitrogen and oxygen atoms in total. The number of anilines is 1. The van der Waals surface area contributed by atoms with Gasteiger partial charge in [-0.25, -0.2) is 14.2 Å². The maximum absolute atomic E-state index is 13.1. The van der Waals surface area contributed by atoms with Crippen molar-refractivity contribution in [3.05, 3.63) is 57.9 Å². The van der Waals surface area contributed by atoms with E-state index in [-0.39, 0.29) is 23.7 Å². The summed E-state index contributed by atoms with van der Waals surface area (Å²) in [5.74, 6) is 0.347. The number of benzene rings is 1. The first-order valence-corrected chi connectivity index (χ1v) is 9.93. The van der Waals surface area contributed by atoms with E-state index < -0.39 is 17.6 Å². The highest BCUT2D eigenvalue weighted by Gasteiger charge is 2.30. The Labute approximate surface area is 175 Å². The van der Waals surface area contributed by atoms with Gasteiger partial charge in [-0.2, -0.15) is 23.4 Å². The highest BCUT2D eigenvalue weighted by Crippen LogP contribution is 2.31. The summed E-state index contributed by atoms with van der Waals surface area (Å²) in [4.78, 5) is 25.1. The normalized spacial score (nSPS) is 14.2. The number of halogens is 3. The van der Waals surface area contributed by atoms with Crippen molar-refractivity contribution in [2.45, 2.75) is 51.9 Å². The number of aryl methyl sites for hydroxylation is 2. The average Bonchev–Trinajstić information content (AvgIpc) is 3.10. The number of hydrogen-bond donors (Lipinski definition) is 1. The Morgan fingerprint density at radius 3 is 2.74 bits per heavy atom. The molecule has 164 valence electrons. The molecule has 3 aromatic rings. The van der Waals surface area contributed by atoms with Crippen LogP contribution in [0.2, 0.25) is 0 Å². The molecule has 0 radical (unpaired) electrons. The molecule has 3 heterocycles. The van der Waals surface area contributed by atoms with E-state index in [1.165, 1.54) is 16.8 Å². The zero-order valence-corrected chi connectivity index (χ0v) is 16.8. The fourth-order valence-electron chi connectivity index (χ4n) is 3.65. The quantitative estimate of drug-likeness (QED) is 0.684. The van der Waals surface area contributed by atoms with Gasteiger partial charge in [0.1, 0.15) is 18.2 Å². The molecule has 11 heteroatoms. The number of carbonyl (C=O) groups excluding carboxylic acids is 1. The summed E-state index contributed by atoms with van der Waals surface area (Å²) in [6.07, 6.45) is -0.951. The highest BCUT2D eigenvalue weighted by atomic mass is 19.4. The van der Waals surface area contributed by atoms with Crippen molar-refractivity contribution in [3.63, 3.8) is 0 Å². The summed E-state index contributed by atoms with van der Waals surface area (Å²) < 4.78 is 43.1. The predicted molar refractivity (Wildman–Crippen MR) is 106 cm³/mol. The van der Waals surface area contributed by atoms with E-state index in [0.29, 0.717) is 24.5 Å². The van der Waals surface area contributed by atoms with Crippen LogP contribution in [-0.2, 0) is 30.5 Å². The van der Waals surface area contributed by atoms with Crippen molar-refractivity contribution in [2.75, 3.05) is 5.32 Å². The molecule has 1 N–H and O–H groups in total. The first-order valence-electron chi connectivity index (χ1n) is 9.93. The van der Waals surface area contributed by atoms with E-state index in [0.717, 1.165) is 36.1 Å². The number of carbonyl (C=O) groups is 1. The Bertz CT molecular complexity index is 1170. The van der Waals surface area contributed by atoms with Crippen LogP contribution in [0.1, 0.15) is 36.3 Å². The van der Waals surface area contributed by atoms with Gasteiger partial charge in [0.25, 0.3) is 0 Å². The zero-order chi connectivity index (χ0) is 22.2. The van der Waals surface area contributed by atoms with E-state index in [2.05, 4.69) is 15.5 Å². The van der Waals surface area contributed by atoms with Gasteiger partial charge in [0.05, 0.1) is 16.9 Å². The number of nitrogens with one attached hydrogen (secondary N) is 1. The minimum atomic E-state index is -4.50. The van der Waals surface area contributed by atoms with Crippen LogP contribution in [0, 0.1) is 6.92 Å². The van der Waals surface area contributed by atoms with E-state index in [9.17, 15) is 22.8 Å². The molecule has 0 saturated carbocycles. The molecule has 0 fully saturated rings. The first kappa shape index (κ1) is 20.9. The van der Waals surface area contributed by atoms with Gasteiger partial charge in [-0.1, -0.05) is 12.5 Å². The van der Waals surface area contributed by atoms with Gasteiger partial charge in [0.2, 0.25) is 5.91 Å². The van der Waals surface area contributed by atoms with Crippen LogP contribution < -0.4 is 11.0 Å². The van der Waals surface area contributed by atoms with Crippen molar-refractivity contribution < 1.29 is 18.0 Å². The van der Waals surface area contributed by atoms with Gasteiger partial charge < -0.3 is 5.32 Å². The molecule has 0 bridgehead atoms. The van der Waals surface area contributed by atoms with Crippen LogP contribution >= 0.6 is 0 Å². The molecule has 1 aliphatic rings.